The number of amides is 1. The smallest absolute Gasteiger partial charge is 0.266 e. The molecule has 1 aromatic carbocycles. The number of hydrogen-bond donors (Lipinski definition) is 1. The van der Waals surface area contributed by atoms with Gasteiger partial charge in [-0.05, 0) is 58.2 Å². The molecule has 0 unspecified atom stereocenters. The number of thiophene rings is 1. The number of aryl methyl sites for hydroxylation is 1. The molecule has 88 valence electrons. The van der Waals surface area contributed by atoms with Crippen LogP contribution in [0.15, 0.2) is 35.7 Å². The molecule has 0 atom stereocenters. The highest BCUT2D eigenvalue weighted by Crippen LogP contribution is 2.21. The lowest BCUT2D eigenvalue weighted by Crippen LogP contribution is -2.12. The zero-order chi connectivity index (χ0) is 12.3. The summed E-state index contributed by atoms with van der Waals surface area (Å²) in [6, 6.07) is 9.78. The molecule has 0 fully saturated rings. The van der Waals surface area contributed by atoms with Crippen molar-refractivity contribution >= 4 is 45.5 Å². The molecule has 2 nitrogen and oxygen atoms in total. The number of halogens is 1. The van der Waals surface area contributed by atoms with Crippen molar-refractivity contribution in [2.75, 3.05) is 5.32 Å². The molecule has 1 aromatic heterocycles. The number of anilines is 1. The van der Waals surface area contributed by atoms with Gasteiger partial charge in [0.25, 0.3) is 5.91 Å². The first-order valence-electron chi connectivity index (χ1n) is 5.34. The van der Waals surface area contributed by atoms with Crippen LogP contribution in [0, 0.1) is 3.57 Å². The van der Waals surface area contributed by atoms with Crippen molar-refractivity contribution < 1.29 is 4.79 Å². The first-order chi connectivity index (χ1) is 8.22. The Bertz CT molecular complexity index is 536. The average Bonchev–Trinajstić information content (AvgIpc) is 2.80. The predicted molar refractivity (Wildman–Crippen MR) is 80.8 cm³/mol. The van der Waals surface area contributed by atoms with E-state index in [4.69, 9.17) is 0 Å². The van der Waals surface area contributed by atoms with E-state index in [9.17, 15) is 4.79 Å². The molecule has 0 spiro atoms. The highest BCUT2D eigenvalue weighted by atomic mass is 127. The molecule has 1 heterocycles. The van der Waals surface area contributed by atoms with E-state index in [-0.39, 0.29) is 5.91 Å². The van der Waals surface area contributed by atoms with Gasteiger partial charge < -0.3 is 5.32 Å². The van der Waals surface area contributed by atoms with Gasteiger partial charge in [-0.3, -0.25) is 4.79 Å². The molecular weight excluding hydrogens is 345 g/mol. The highest BCUT2D eigenvalue weighted by Gasteiger charge is 2.12. The number of carbonyl (C=O) groups is 1. The van der Waals surface area contributed by atoms with E-state index >= 15 is 0 Å². The second kappa shape index (κ2) is 5.64. The molecule has 0 aliphatic carbocycles. The van der Waals surface area contributed by atoms with Crippen molar-refractivity contribution in [1.29, 1.82) is 0 Å². The number of nitrogens with one attached hydrogen (secondary N) is 1. The summed E-state index contributed by atoms with van der Waals surface area (Å²) < 4.78 is 1.05. The van der Waals surface area contributed by atoms with Crippen molar-refractivity contribution in [3.05, 3.63) is 49.7 Å². The SMILES string of the molecule is CCc1ccsc1C(=O)Nc1ccccc1I. The van der Waals surface area contributed by atoms with Gasteiger partial charge in [0.1, 0.15) is 0 Å². The maximum absolute atomic E-state index is 12.1. The summed E-state index contributed by atoms with van der Waals surface area (Å²) in [6.07, 6.45) is 0.887. The largest absolute Gasteiger partial charge is 0.320 e. The quantitative estimate of drug-likeness (QED) is 0.821. The van der Waals surface area contributed by atoms with E-state index in [2.05, 4.69) is 34.8 Å². The van der Waals surface area contributed by atoms with Crippen molar-refractivity contribution in [2.45, 2.75) is 13.3 Å². The van der Waals surface area contributed by atoms with Crippen molar-refractivity contribution in [3.63, 3.8) is 0 Å². The minimum atomic E-state index is -0.0130. The van der Waals surface area contributed by atoms with Crippen molar-refractivity contribution in [3.8, 4) is 0 Å². The van der Waals surface area contributed by atoms with Crippen molar-refractivity contribution in [1.82, 2.24) is 0 Å². The Morgan fingerprint density at radius 2 is 2.12 bits per heavy atom. The Morgan fingerprint density at radius 3 is 2.82 bits per heavy atom. The average molecular weight is 357 g/mol. The molecule has 0 aliphatic rings. The number of para-hydroxylation sites is 1. The van der Waals surface area contributed by atoms with Crippen LogP contribution in [-0.4, -0.2) is 5.91 Å². The molecule has 0 aliphatic heterocycles. The molecule has 17 heavy (non-hydrogen) atoms. The molecule has 2 aromatic rings. The lowest BCUT2D eigenvalue weighted by molar-refractivity contribution is 0.102. The fourth-order valence-corrected chi connectivity index (χ4v) is 2.97. The van der Waals surface area contributed by atoms with Crippen LogP contribution in [0.3, 0.4) is 0 Å². The van der Waals surface area contributed by atoms with Crippen LogP contribution in [0.2, 0.25) is 0 Å². The molecule has 0 saturated heterocycles. The number of rotatable bonds is 3. The maximum Gasteiger partial charge on any atom is 0.266 e. The summed E-state index contributed by atoms with van der Waals surface area (Å²) in [7, 11) is 0. The fraction of sp³-hybridized carbons (Fsp3) is 0.154. The van der Waals surface area contributed by atoms with Gasteiger partial charge >= 0.3 is 0 Å². The van der Waals surface area contributed by atoms with Gasteiger partial charge in [0.05, 0.1) is 10.6 Å². The Labute approximate surface area is 118 Å². The molecular formula is C13H12INOS. The summed E-state index contributed by atoms with van der Waals surface area (Å²) in [6.45, 7) is 2.06. The van der Waals surface area contributed by atoms with Gasteiger partial charge in [0, 0.05) is 3.57 Å². The van der Waals surface area contributed by atoms with E-state index in [1.165, 1.54) is 11.3 Å². The van der Waals surface area contributed by atoms with Gasteiger partial charge in [-0.25, -0.2) is 0 Å². The molecule has 1 amide bonds. The molecule has 0 bridgehead atoms. The number of hydrogen-bond acceptors (Lipinski definition) is 2. The summed E-state index contributed by atoms with van der Waals surface area (Å²) in [5, 5.41) is 4.91. The van der Waals surface area contributed by atoms with Gasteiger partial charge in [-0.2, -0.15) is 0 Å². The zero-order valence-electron chi connectivity index (χ0n) is 9.37. The number of benzene rings is 1. The third-order valence-electron chi connectivity index (χ3n) is 2.46. The van der Waals surface area contributed by atoms with Crippen LogP contribution in [0.1, 0.15) is 22.2 Å². The predicted octanol–water partition coefficient (Wildman–Crippen LogP) is 4.17. The van der Waals surface area contributed by atoms with Crippen LogP contribution < -0.4 is 5.32 Å². The molecule has 2 rings (SSSR count). The van der Waals surface area contributed by atoms with Crippen LogP contribution in [0.25, 0.3) is 0 Å². The first kappa shape index (κ1) is 12.6. The lowest BCUT2D eigenvalue weighted by Gasteiger charge is -2.06. The third-order valence-corrected chi connectivity index (χ3v) is 4.35. The van der Waals surface area contributed by atoms with E-state index < -0.39 is 0 Å². The van der Waals surface area contributed by atoms with Gasteiger partial charge in [-0.1, -0.05) is 19.1 Å². The minimum absolute atomic E-state index is 0.0130. The monoisotopic (exact) mass is 357 g/mol. The van der Waals surface area contributed by atoms with E-state index in [1.807, 2.05) is 35.7 Å². The second-order valence-corrected chi connectivity index (χ2v) is 5.64. The normalized spacial score (nSPS) is 10.2. The van der Waals surface area contributed by atoms with E-state index in [0.29, 0.717) is 0 Å². The summed E-state index contributed by atoms with van der Waals surface area (Å²) in [4.78, 5) is 12.9. The molecule has 4 heteroatoms. The van der Waals surface area contributed by atoms with Gasteiger partial charge in [-0.15, -0.1) is 11.3 Å². The number of carbonyl (C=O) groups excluding carboxylic acids is 1. The van der Waals surface area contributed by atoms with E-state index in [0.717, 1.165) is 26.1 Å². The fourth-order valence-electron chi connectivity index (χ4n) is 1.55. The van der Waals surface area contributed by atoms with Gasteiger partial charge in [0.15, 0.2) is 0 Å². The van der Waals surface area contributed by atoms with Crippen LogP contribution in [-0.2, 0) is 6.42 Å². The first-order valence-corrected chi connectivity index (χ1v) is 7.30. The summed E-state index contributed by atoms with van der Waals surface area (Å²) in [5.74, 6) is -0.0130. The Hall–Kier alpha value is -0.880. The third kappa shape index (κ3) is 2.87. The lowest BCUT2D eigenvalue weighted by atomic mass is 10.2. The topological polar surface area (TPSA) is 29.1 Å². The van der Waals surface area contributed by atoms with Crippen LogP contribution >= 0.6 is 33.9 Å². The Balaban J connectivity index is 2.20. The molecule has 0 radical (unpaired) electrons. The minimum Gasteiger partial charge on any atom is -0.320 e. The van der Waals surface area contributed by atoms with Gasteiger partial charge in [0.2, 0.25) is 0 Å². The maximum atomic E-state index is 12.1. The van der Waals surface area contributed by atoms with Crippen molar-refractivity contribution in [2.24, 2.45) is 0 Å². The highest BCUT2D eigenvalue weighted by molar-refractivity contribution is 14.1. The standard InChI is InChI=1S/C13H12INOS/c1-2-9-7-8-17-12(9)13(16)15-11-6-4-3-5-10(11)14/h3-8H,2H2,1H3,(H,15,16). The molecule has 0 saturated carbocycles. The summed E-state index contributed by atoms with van der Waals surface area (Å²) >= 11 is 3.71. The van der Waals surface area contributed by atoms with Crippen LogP contribution in [0.4, 0.5) is 5.69 Å². The summed E-state index contributed by atoms with van der Waals surface area (Å²) in [5.41, 5.74) is 1.98. The zero-order valence-corrected chi connectivity index (χ0v) is 12.3. The second-order valence-electron chi connectivity index (χ2n) is 3.56. The van der Waals surface area contributed by atoms with E-state index in [1.54, 1.807) is 0 Å². The molecule has 1 N–H and O–H groups in total. The van der Waals surface area contributed by atoms with Crippen LogP contribution in [0.5, 0.6) is 0 Å². The Kier molecular flexibility index (Phi) is 4.17. The Morgan fingerprint density at radius 1 is 1.35 bits per heavy atom.